The Morgan fingerprint density at radius 2 is 2.35 bits per heavy atom. The summed E-state index contributed by atoms with van der Waals surface area (Å²) < 4.78 is 26.5. The van der Waals surface area contributed by atoms with Crippen molar-refractivity contribution in [3.8, 4) is 0 Å². The Morgan fingerprint density at radius 3 is 2.76 bits per heavy atom. The first-order valence-corrected chi connectivity index (χ1v) is 7.09. The van der Waals surface area contributed by atoms with Gasteiger partial charge in [0.1, 0.15) is 4.90 Å². The molecule has 0 aliphatic rings. The summed E-state index contributed by atoms with van der Waals surface area (Å²) in [6.07, 6.45) is 2.63. The van der Waals surface area contributed by atoms with Crippen LogP contribution in [0.4, 0.5) is 0 Å². The maximum absolute atomic E-state index is 12.0. The van der Waals surface area contributed by atoms with Gasteiger partial charge in [0, 0.05) is 0 Å². The highest BCUT2D eigenvalue weighted by molar-refractivity contribution is 7.89. The number of aromatic nitrogens is 2. The minimum atomic E-state index is -3.63. The Kier molecular flexibility index (Phi) is 4.61. The summed E-state index contributed by atoms with van der Waals surface area (Å²) in [6.45, 7) is 3.57. The number of nitrogens with two attached hydrogens (primary N) is 1. The van der Waals surface area contributed by atoms with Gasteiger partial charge in [-0.15, -0.1) is 0 Å². The van der Waals surface area contributed by atoms with E-state index in [-0.39, 0.29) is 9.88 Å². The van der Waals surface area contributed by atoms with Crippen molar-refractivity contribution in [1.29, 1.82) is 0 Å². The van der Waals surface area contributed by atoms with Gasteiger partial charge in [-0.25, -0.2) is 13.1 Å². The van der Waals surface area contributed by atoms with Crippen molar-refractivity contribution in [2.75, 3.05) is 0 Å². The Balaban J connectivity index is 2.93. The van der Waals surface area contributed by atoms with E-state index < -0.39 is 16.1 Å². The van der Waals surface area contributed by atoms with Crippen LogP contribution in [0.5, 0.6) is 0 Å². The van der Waals surface area contributed by atoms with Crippen LogP contribution in [-0.2, 0) is 10.0 Å². The van der Waals surface area contributed by atoms with Gasteiger partial charge in [0.25, 0.3) is 0 Å². The number of H-pyrrole nitrogens is 1. The highest BCUT2D eigenvalue weighted by atomic mass is 32.2. The molecule has 0 aliphatic carbocycles. The lowest BCUT2D eigenvalue weighted by atomic mass is 10.2. The molecule has 0 spiro atoms. The molecule has 0 bridgehead atoms. The van der Waals surface area contributed by atoms with Crippen molar-refractivity contribution >= 4 is 27.2 Å². The molecule has 1 aromatic rings. The average Bonchev–Trinajstić information content (AvgIpc) is 2.64. The van der Waals surface area contributed by atoms with Crippen molar-refractivity contribution in [3.63, 3.8) is 0 Å². The summed E-state index contributed by atoms with van der Waals surface area (Å²) in [5.74, 6) is 0. The topological polar surface area (TPSA) is 101 Å². The molecule has 8 heteroatoms. The monoisotopic (exact) mass is 276 g/mol. The molecule has 17 heavy (non-hydrogen) atoms. The fourth-order valence-electron chi connectivity index (χ4n) is 1.41. The van der Waals surface area contributed by atoms with Crippen molar-refractivity contribution in [2.24, 2.45) is 5.73 Å². The molecule has 0 saturated carbocycles. The van der Waals surface area contributed by atoms with Crippen LogP contribution in [-0.4, -0.2) is 29.6 Å². The Bertz CT molecular complexity index is 495. The number of nitrogens with zero attached hydrogens (tertiary/aromatic N) is 1. The van der Waals surface area contributed by atoms with E-state index in [4.69, 9.17) is 18.0 Å². The number of thiocarbonyl (C=S) groups is 1. The van der Waals surface area contributed by atoms with E-state index in [1.807, 2.05) is 6.92 Å². The van der Waals surface area contributed by atoms with E-state index in [1.54, 1.807) is 6.92 Å². The Hall–Kier alpha value is -0.990. The third-order valence-corrected chi connectivity index (χ3v) is 4.16. The molecule has 4 N–H and O–H groups in total. The molecule has 0 radical (unpaired) electrons. The van der Waals surface area contributed by atoms with Crippen LogP contribution in [0, 0.1) is 6.92 Å². The summed E-state index contributed by atoms with van der Waals surface area (Å²) in [7, 11) is -3.63. The lowest BCUT2D eigenvalue weighted by Gasteiger charge is -2.16. The maximum Gasteiger partial charge on any atom is 0.244 e. The van der Waals surface area contributed by atoms with Crippen molar-refractivity contribution < 1.29 is 8.42 Å². The predicted octanol–water partition coefficient (Wildman–Crippen LogP) is 0.451. The molecule has 0 saturated heterocycles. The molecule has 0 fully saturated rings. The van der Waals surface area contributed by atoms with E-state index in [9.17, 15) is 8.42 Å². The molecule has 6 nitrogen and oxygen atoms in total. The van der Waals surface area contributed by atoms with Gasteiger partial charge < -0.3 is 5.73 Å². The van der Waals surface area contributed by atoms with Crippen LogP contribution in [0.1, 0.15) is 25.5 Å². The van der Waals surface area contributed by atoms with Crippen LogP contribution < -0.4 is 10.5 Å². The zero-order valence-electron chi connectivity index (χ0n) is 9.73. The standard InChI is InChI=1S/C9H16N4O2S2/c1-3-4-7(9(10)16)13-17(14,15)8-5-11-12-6(8)2/h5,7,13H,3-4H2,1-2H3,(H2,10,16)(H,11,12). The number of hydrogen-bond donors (Lipinski definition) is 3. The maximum atomic E-state index is 12.0. The van der Waals surface area contributed by atoms with Crippen molar-refractivity contribution in [2.45, 2.75) is 37.6 Å². The molecule has 0 aliphatic heterocycles. The summed E-state index contributed by atoms with van der Waals surface area (Å²) in [6, 6.07) is -0.519. The summed E-state index contributed by atoms with van der Waals surface area (Å²) >= 11 is 4.84. The number of nitrogens with one attached hydrogen (secondary N) is 2. The van der Waals surface area contributed by atoms with Crippen LogP contribution >= 0.6 is 12.2 Å². The summed E-state index contributed by atoms with van der Waals surface area (Å²) in [5, 5.41) is 6.25. The second-order valence-corrected chi connectivity index (χ2v) is 5.88. The SMILES string of the molecule is CCCC(NS(=O)(=O)c1cn[nH]c1C)C(N)=S. The minimum absolute atomic E-state index is 0.120. The Labute approximate surface area is 106 Å². The molecule has 1 atom stereocenters. The molecular weight excluding hydrogens is 260 g/mol. The largest absolute Gasteiger partial charge is 0.392 e. The van der Waals surface area contributed by atoms with Gasteiger partial charge in [-0.1, -0.05) is 25.6 Å². The first-order chi connectivity index (χ1) is 7.88. The van der Waals surface area contributed by atoms with E-state index in [0.717, 1.165) is 6.42 Å². The van der Waals surface area contributed by atoms with Crippen molar-refractivity contribution in [3.05, 3.63) is 11.9 Å². The number of aryl methyl sites for hydroxylation is 1. The molecule has 1 rings (SSSR count). The lowest BCUT2D eigenvalue weighted by molar-refractivity contribution is 0.566. The highest BCUT2D eigenvalue weighted by Gasteiger charge is 2.23. The van der Waals surface area contributed by atoms with E-state index in [2.05, 4.69) is 14.9 Å². The lowest BCUT2D eigenvalue weighted by Crippen LogP contribution is -2.43. The second kappa shape index (κ2) is 5.56. The first kappa shape index (κ1) is 14.1. The zero-order valence-corrected chi connectivity index (χ0v) is 11.4. The second-order valence-electron chi connectivity index (χ2n) is 3.72. The van der Waals surface area contributed by atoms with Crippen LogP contribution in [0.3, 0.4) is 0 Å². The van der Waals surface area contributed by atoms with Crippen LogP contribution in [0.2, 0.25) is 0 Å². The van der Waals surface area contributed by atoms with E-state index in [1.165, 1.54) is 6.20 Å². The fraction of sp³-hybridized carbons (Fsp3) is 0.556. The van der Waals surface area contributed by atoms with Gasteiger partial charge in [0.15, 0.2) is 0 Å². The quantitative estimate of drug-likeness (QED) is 0.655. The molecular formula is C9H16N4O2S2. The van der Waals surface area contributed by atoms with Gasteiger partial charge in [-0.2, -0.15) is 5.10 Å². The minimum Gasteiger partial charge on any atom is -0.392 e. The van der Waals surface area contributed by atoms with Gasteiger partial charge in [-0.3, -0.25) is 5.10 Å². The molecule has 1 unspecified atom stereocenters. The number of rotatable bonds is 6. The van der Waals surface area contributed by atoms with Gasteiger partial charge in [0.05, 0.1) is 22.9 Å². The predicted molar refractivity (Wildman–Crippen MR) is 69.1 cm³/mol. The van der Waals surface area contributed by atoms with Crippen LogP contribution in [0.15, 0.2) is 11.1 Å². The number of sulfonamides is 1. The normalized spacial score (nSPS) is 13.5. The van der Waals surface area contributed by atoms with E-state index in [0.29, 0.717) is 12.1 Å². The highest BCUT2D eigenvalue weighted by Crippen LogP contribution is 2.12. The summed E-state index contributed by atoms with van der Waals surface area (Å²) in [5.41, 5.74) is 5.98. The average molecular weight is 276 g/mol. The fourth-order valence-corrected chi connectivity index (χ4v) is 3.05. The van der Waals surface area contributed by atoms with Gasteiger partial charge in [-0.05, 0) is 13.3 Å². The first-order valence-electron chi connectivity index (χ1n) is 5.20. The molecule has 1 heterocycles. The third kappa shape index (κ3) is 3.48. The van der Waals surface area contributed by atoms with Crippen molar-refractivity contribution in [1.82, 2.24) is 14.9 Å². The molecule has 0 amide bonds. The van der Waals surface area contributed by atoms with E-state index >= 15 is 0 Å². The molecule has 1 aromatic heterocycles. The third-order valence-electron chi connectivity index (χ3n) is 2.29. The smallest absolute Gasteiger partial charge is 0.244 e. The van der Waals surface area contributed by atoms with Crippen LogP contribution in [0.25, 0.3) is 0 Å². The number of hydrogen-bond acceptors (Lipinski definition) is 4. The van der Waals surface area contributed by atoms with Gasteiger partial charge >= 0.3 is 0 Å². The molecule has 96 valence electrons. The van der Waals surface area contributed by atoms with Gasteiger partial charge in [0.2, 0.25) is 10.0 Å². The summed E-state index contributed by atoms with van der Waals surface area (Å²) in [4.78, 5) is 0.270. The molecule has 0 aromatic carbocycles. The zero-order chi connectivity index (χ0) is 13.1. The Morgan fingerprint density at radius 1 is 1.71 bits per heavy atom. The number of aromatic amines is 1.